The molecule has 6 heteroatoms. The zero-order chi connectivity index (χ0) is 7.72. The molecular weight excluding hydrogens is 143 g/mol. The summed E-state index contributed by atoms with van der Waals surface area (Å²) >= 11 is 0. The average Bonchev–Trinajstić information content (AvgIpc) is 1.93. The maximum atomic E-state index is 12.1. The zero-order valence-electron chi connectivity index (χ0n) is 4.67. The minimum absolute atomic E-state index is 0.338. The molecule has 1 rings (SSSR count). The van der Waals surface area contributed by atoms with Crippen LogP contribution in [0.1, 0.15) is 0 Å². The molecular formula is C4H3FN2O3. The molecule has 1 heterocycles. The van der Waals surface area contributed by atoms with E-state index in [-0.39, 0.29) is 4.73 Å². The SMILES string of the molecule is O=c1[nH]cc(F)c(=O)n1O. The van der Waals surface area contributed by atoms with Crippen molar-refractivity contribution in [2.45, 2.75) is 0 Å². The number of rotatable bonds is 0. The van der Waals surface area contributed by atoms with E-state index in [0.717, 1.165) is 0 Å². The molecule has 0 aliphatic heterocycles. The molecule has 0 unspecified atom stereocenters. The highest BCUT2D eigenvalue weighted by Crippen LogP contribution is 1.76. The quantitative estimate of drug-likeness (QED) is 0.457. The number of nitrogens with one attached hydrogen (secondary N) is 1. The van der Waals surface area contributed by atoms with Gasteiger partial charge in [0.15, 0.2) is 0 Å². The standard InChI is InChI=1S/C4H3FN2O3/c5-2-1-6-4(9)7(10)3(2)8/h1,10H,(H,6,9). The Labute approximate surface area is 53.3 Å². The van der Waals surface area contributed by atoms with Gasteiger partial charge in [-0.1, -0.05) is 4.73 Å². The molecule has 0 amide bonds. The van der Waals surface area contributed by atoms with Gasteiger partial charge >= 0.3 is 11.2 Å². The molecule has 10 heavy (non-hydrogen) atoms. The number of halogens is 1. The third kappa shape index (κ3) is 0.790. The summed E-state index contributed by atoms with van der Waals surface area (Å²) in [4.78, 5) is 22.4. The fourth-order valence-corrected chi connectivity index (χ4v) is 0.441. The summed E-state index contributed by atoms with van der Waals surface area (Å²) in [6, 6.07) is 0. The predicted octanol–water partition coefficient (Wildman–Crippen LogP) is -1.09. The molecule has 2 N–H and O–H groups in total. The van der Waals surface area contributed by atoms with Crippen LogP contribution in [0, 0.1) is 5.82 Å². The van der Waals surface area contributed by atoms with Crippen LogP contribution in [-0.2, 0) is 0 Å². The molecule has 0 aromatic carbocycles. The first-order valence-corrected chi connectivity index (χ1v) is 2.32. The van der Waals surface area contributed by atoms with Crippen LogP contribution in [0.4, 0.5) is 4.39 Å². The average molecular weight is 146 g/mol. The van der Waals surface area contributed by atoms with Gasteiger partial charge < -0.3 is 10.2 Å². The second kappa shape index (κ2) is 1.98. The van der Waals surface area contributed by atoms with Gasteiger partial charge in [0.2, 0.25) is 5.82 Å². The van der Waals surface area contributed by atoms with Crippen molar-refractivity contribution in [1.82, 2.24) is 9.71 Å². The highest BCUT2D eigenvalue weighted by atomic mass is 19.1. The molecule has 1 aromatic heterocycles. The first-order valence-electron chi connectivity index (χ1n) is 2.32. The van der Waals surface area contributed by atoms with E-state index >= 15 is 0 Å². The number of hydrogen-bond acceptors (Lipinski definition) is 3. The van der Waals surface area contributed by atoms with E-state index in [0.29, 0.717) is 6.20 Å². The lowest BCUT2D eigenvalue weighted by molar-refractivity contribution is 0.155. The van der Waals surface area contributed by atoms with Crippen LogP contribution in [-0.4, -0.2) is 14.9 Å². The topological polar surface area (TPSA) is 75.1 Å². The lowest BCUT2D eigenvalue weighted by Crippen LogP contribution is -2.34. The Morgan fingerprint density at radius 1 is 1.60 bits per heavy atom. The van der Waals surface area contributed by atoms with Crippen molar-refractivity contribution in [2.75, 3.05) is 0 Å². The summed E-state index contributed by atoms with van der Waals surface area (Å²) in [7, 11) is 0. The van der Waals surface area contributed by atoms with E-state index in [9.17, 15) is 14.0 Å². The van der Waals surface area contributed by atoms with Crippen LogP contribution < -0.4 is 11.2 Å². The van der Waals surface area contributed by atoms with Crippen molar-refractivity contribution in [3.8, 4) is 0 Å². The Morgan fingerprint density at radius 3 is 2.70 bits per heavy atom. The van der Waals surface area contributed by atoms with Crippen molar-refractivity contribution >= 4 is 0 Å². The van der Waals surface area contributed by atoms with Crippen LogP contribution in [0.5, 0.6) is 0 Å². The molecule has 0 spiro atoms. The van der Waals surface area contributed by atoms with Crippen molar-refractivity contribution in [3.05, 3.63) is 32.9 Å². The van der Waals surface area contributed by atoms with Crippen molar-refractivity contribution < 1.29 is 9.60 Å². The number of aromatic nitrogens is 2. The molecule has 1 aromatic rings. The Morgan fingerprint density at radius 2 is 2.20 bits per heavy atom. The van der Waals surface area contributed by atoms with Gasteiger partial charge in [-0.05, 0) is 0 Å². The van der Waals surface area contributed by atoms with Crippen LogP contribution in [0.25, 0.3) is 0 Å². The molecule has 0 saturated heterocycles. The first kappa shape index (κ1) is 6.53. The first-order chi connectivity index (χ1) is 4.63. The van der Waals surface area contributed by atoms with Crippen molar-refractivity contribution in [1.29, 1.82) is 0 Å². The van der Waals surface area contributed by atoms with E-state index in [1.165, 1.54) is 0 Å². The Kier molecular flexibility index (Phi) is 1.29. The van der Waals surface area contributed by atoms with E-state index in [4.69, 9.17) is 5.21 Å². The number of hydrogen-bond donors (Lipinski definition) is 2. The monoisotopic (exact) mass is 146 g/mol. The smallest absolute Gasteiger partial charge is 0.361 e. The van der Waals surface area contributed by atoms with Gasteiger partial charge in [0.1, 0.15) is 0 Å². The number of aromatic amines is 1. The van der Waals surface area contributed by atoms with Crippen molar-refractivity contribution in [2.24, 2.45) is 0 Å². The molecule has 0 aliphatic rings. The maximum absolute atomic E-state index is 12.1. The van der Waals surface area contributed by atoms with Gasteiger partial charge in [0, 0.05) is 6.20 Å². The second-order valence-electron chi connectivity index (χ2n) is 1.56. The molecule has 0 bridgehead atoms. The van der Waals surface area contributed by atoms with E-state index < -0.39 is 17.1 Å². The van der Waals surface area contributed by atoms with Gasteiger partial charge in [-0.2, -0.15) is 4.39 Å². The minimum Gasteiger partial charge on any atom is -0.421 e. The molecule has 0 fully saturated rings. The van der Waals surface area contributed by atoms with Gasteiger partial charge in [0.25, 0.3) is 0 Å². The Bertz CT molecular complexity index is 352. The fraction of sp³-hybridized carbons (Fsp3) is 0. The Balaban J connectivity index is 3.66. The van der Waals surface area contributed by atoms with E-state index in [1.54, 1.807) is 4.98 Å². The van der Waals surface area contributed by atoms with Gasteiger partial charge in [-0.15, -0.1) is 0 Å². The summed E-state index contributed by atoms with van der Waals surface area (Å²) in [6.45, 7) is 0. The lowest BCUT2D eigenvalue weighted by atomic mass is 10.6. The van der Waals surface area contributed by atoms with Crippen LogP contribution >= 0.6 is 0 Å². The third-order valence-corrected chi connectivity index (χ3v) is 0.911. The zero-order valence-corrected chi connectivity index (χ0v) is 4.67. The highest BCUT2D eigenvalue weighted by Gasteiger charge is 2.02. The molecule has 5 nitrogen and oxygen atoms in total. The number of H-pyrrole nitrogens is 1. The maximum Gasteiger partial charge on any atom is 0.361 e. The summed E-state index contributed by atoms with van der Waals surface area (Å²) in [5.41, 5.74) is -2.42. The predicted molar refractivity (Wildman–Crippen MR) is 28.5 cm³/mol. The van der Waals surface area contributed by atoms with Gasteiger partial charge in [0.05, 0.1) is 0 Å². The summed E-state index contributed by atoms with van der Waals surface area (Å²) in [6.07, 6.45) is 0.581. The summed E-state index contributed by atoms with van der Waals surface area (Å²) in [5, 5.41) is 8.41. The normalized spacial score (nSPS) is 9.70. The van der Waals surface area contributed by atoms with Crippen LogP contribution in [0.3, 0.4) is 0 Å². The summed E-state index contributed by atoms with van der Waals surface area (Å²) < 4.78 is 11.8. The second-order valence-corrected chi connectivity index (χ2v) is 1.56. The third-order valence-electron chi connectivity index (χ3n) is 0.911. The molecule has 0 radical (unpaired) electrons. The van der Waals surface area contributed by atoms with Crippen molar-refractivity contribution in [3.63, 3.8) is 0 Å². The van der Waals surface area contributed by atoms with E-state index in [2.05, 4.69) is 0 Å². The van der Waals surface area contributed by atoms with E-state index in [1.807, 2.05) is 0 Å². The fourth-order valence-electron chi connectivity index (χ4n) is 0.441. The number of nitrogens with zero attached hydrogens (tertiary/aromatic N) is 1. The van der Waals surface area contributed by atoms with Crippen LogP contribution in [0.2, 0.25) is 0 Å². The molecule has 54 valence electrons. The molecule has 0 atom stereocenters. The molecule has 0 aliphatic carbocycles. The van der Waals surface area contributed by atoms with Gasteiger partial charge in [-0.3, -0.25) is 4.79 Å². The van der Waals surface area contributed by atoms with Crippen LogP contribution in [0.15, 0.2) is 15.8 Å². The lowest BCUT2D eigenvalue weighted by Gasteiger charge is -1.90. The molecule has 0 saturated carbocycles. The van der Waals surface area contributed by atoms with Gasteiger partial charge in [-0.25, -0.2) is 4.79 Å². The minimum atomic E-state index is -1.36. The highest BCUT2D eigenvalue weighted by molar-refractivity contribution is 4.84. The Hall–Kier alpha value is -1.59. The summed E-state index contributed by atoms with van der Waals surface area (Å²) in [5.74, 6) is -1.21. The largest absolute Gasteiger partial charge is 0.421 e.